The van der Waals surface area contributed by atoms with Crippen LogP contribution < -0.4 is 22.1 Å². The SMILES string of the molecule is CC(C)C(CCC(=O)Nc1cncc(C(=O)O)c1N)NC(=O)C(N)C1CCCCC1.O=C(O)C(F)(F)F.O=C(O)C(F)(F)F. The minimum absolute atomic E-state index is 0.0435. The van der Waals surface area contributed by atoms with Crippen molar-refractivity contribution in [3.8, 4) is 0 Å². The monoisotopic (exact) mass is 647 g/mol. The summed E-state index contributed by atoms with van der Waals surface area (Å²) in [6.07, 6.45) is -1.78. The van der Waals surface area contributed by atoms with Gasteiger partial charge in [-0.05, 0) is 31.1 Å². The molecule has 0 radical (unpaired) electrons. The number of nitrogen functional groups attached to an aromatic ring is 1. The van der Waals surface area contributed by atoms with Gasteiger partial charge in [0.15, 0.2) is 0 Å². The van der Waals surface area contributed by atoms with Gasteiger partial charge in [-0.1, -0.05) is 33.1 Å². The fraction of sp³-hybridized carbons (Fsp3) is 0.600. The third-order valence-corrected chi connectivity index (χ3v) is 6.25. The lowest BCUT2D eigenvalue weighted by Crippen LogP contribution is -2.50. The number of carbonyl (C=O) groups excluding carboxylic acids is 2. The van der Waals surface area contributed by atoms with E-state index in [1.54, 1.807) is 0 Å². The van der Waals surface area contributed by atoms with Gasteiger partial charge in [0.05, 0.1) is 23.6 Å². The van der Waals surface area contributed by atoms with E-state index in [0.717, 1.165) is 31.9 Å². The predicted octanol–water partition coefficient (Wildman–Crippen LogP) is 3.40. The van der Waals surface area contributed by atoms with Crippen molar-refractivity contribution in [2.24, 2.45) is 17.6 Å². The molecule has 1 aliphatic rings. The molecule has 2 rings (SSSR count). The average Bonchev–Trinajstić information content (AvgIpc) is 2.91. The van der Waals surface area contributed by atoms with Crippen LogP contribution in [-0.4, -0.2) is 74.5 Å². The second kappa shape index (κ2) is 17.8. The quantitative estimate of drug-likeness (QED) is 0.192. The van der Waals surface area contributed by atoms with Gasteiger partial charge in [-0.25, -0.2) is 14.4 Å². The first-order chi connectivity index (χ1) is 20.1. The molecular weight excluding hydrogens is 612 g/mol. The number of nitrogens with one attached hydrogen (secondary N) is 2. The number of amides is 2. The van der Waals surface area contributed by atoms with Gasteiger partial charge >= 0.3 is 30.3 Å². The molecule has 250 valence electrons. The molecule has 1 saturated carbocycles. The molecule has 0 bridgehead atoms. The number of hydrogen-bond donors (Lipinski definition) is 7. The van der Waals surface area contributed by atoms with E-state index in [9.17, 15) is 40.7 Å². The van der Waals surface area contributed by atoms with Crippen LogP contribution in [-0.2, 0) is 19.2 Å². The van der Waals surface area contributed by atoms with Gasteiger partial charge in [-0.2, -0.15) is 26.3 Å². The first-order valence-electron chi connectivity index (χ1n) is 13.0. The Morgan fingerprint density at radius 1 is 0.932 bits per heavy atom. The molecule has 1 heterocycles. The molecule has 19 heteroatoms. The zero-order valence-corrected chi connectivity index (χ0v) is 23.7. The zero-order valence-electron chi connectivity index (χ0n) is 23.7. The Hall–Kier alpha value is -4.16. The highest BCUT2D eigenvalue weighted by Crippen LogP contribution is 2.26. The fourth-order valence-electron chi connectivity index (χ4n) is 3.80. The summed E-state index contributed by atoms with van der Waals surface area (Å²) in [6, 6.07) is -0.719. The van der Waals surface area contributed by atoms with E-state index in [-0.39, 0.29) is 53.1 Å². The number of halogens is 6. The van der Waals surface area contributed by atoms with Gasteiger partial charge in [0.25, 0.3) is 0 Å². The van der Waals surface area contributed by atoms with Gasteiger partial charge in [0, 0.05) is 18.7 Å². The maximum absolute atomic E-state index is 12.6. The number of aromatic nitrogens is 1. The number of carbonyl (C=O) groups is 5. The van der Waals surface area contributed by atoms with E-state index in [2.05, 4.69) is 15.6 Å². The molecule has 44 heavy (non-hydrogen) atoms. The van der Waals surface area contributed by atoms with Crippen molar-refractivity contribution in [3.05, 3.63) is 18.0 Å². The van der Waals surface area contributed by atoms with E-state index in [4.69, 9.17) is 36.4 Å². The minimum Gasteiger partial charge on any atom is -0.478 e. The molecule has 1 fully saturated rings. The Balaban J connectivity index is 0.00000109. The molecule has 0 aromatic carbocycles. The number of pyridine rings is 1. The predicted molar refractivity (Wildman–Crippen MR) is 142 cm³/mol. The lowest BCUT2D eigenvalue weighted by Gasteiger charge is -2.29. The van der Waals surface area contributed by atoms with E-state index in [1.807, 2.05) is 13.8 Å². The van der Waals surface area contributed by atoms with Crippen molar-refractivity contribution in [2.45, 2.75) is 83.2 Å². The Labute approximate surface area is 247 Å². The standard InChI is InChI=1S/C21H33N5O4.2C2HF3O2/c1-12(2)15(26-20(28)18(22)13-6-4-3-5-7-13)8-9-17(27)25-16-11-24-10-14(19(16)23)21(29)30;2*3-2(4,5)1(6)7/h10-13,15,18H,3-9,22H2,1-2H3,(H2,23,24)(H,25,27)(H,26,28)(H,29,30);2*(H,6,7). The summed E-state index contributed by atoms with van der Waals surface area (Å²) in [5.74, 6) is -6.88. The number of carboxylic acids is 3. The van der Waals surface area contributed by atoms with Gasteiger partial charge in [-0.15, -0.1) is 0 Å². The van der Waals surface area contributed by atoms with Crippen LogP contribution in [0, 0.1) is 11.8 Å². The molecule has 2 atom stereocenters. The Bertz CT molecular complexity index is 1120. The molecule has 2 unspecified atom stereocenters. The zero-order chi connectivity index (χ0) is 34.4. The Morgan fingerprint density at radius 3 is 1.82 bits per heavy atom. The highest BCUT2D eigenvalue weighted by Gasteiger charge is 2.39. The topological polar surface area (TPSA) is 235 Å². The van der Waals surface area contributed by atoms with Crippen molar-refractivity contribution < 1.29 is 65.6 Å². The molecule has 13 nitrogen and oxygen atoms in total. The van der Waals surface area contributed by atoms with Crippen molar-refractivity contribution in [3.63, 3.8) is 0 Å². The van der Waals surface area contributed by atoms with Gasteiger partial charge in [-0.3, -0.25) is 14.6 Å². The second-order valence-corrected chi connectivity index (χ2v) is 9.93. The normalized spacial score (nSPS) is 15.0. The minimum atomic E-state index is -5.08. The van der Waals surface area contributed by atoms with Crippen LogP contribution >= 0.6 is 0 Å². The van der Waals surface area contributed by atoms with Crippen LogP contribution in [0.2, 0.25) is 0 Å². The maximum Gasteiger partial charge on any atom is 0.490 e. The van der Waals surface area contributed by atoms with E-state index >= 15 is 0 Å². The lowest BCUT2D eigenvalue weighted by molar-refractivity contribution is -0.193. The summed E-state index contributed by atoms with van der Waals surface area (Å²) in [5.41, 5.74) is 11.9. The number of carboxylic acid groups (broad SMARTS) is 3. The van der Waals surface area contributed by atoms with Crippen LogP contribution in [0.4, 0.5) is 37.7 Å². The summed E-state index contributed by atoms with van der Waals surface area (Å²) < 4.78 is 63.5. The first kappa shape index (κ1) is 39.8. The van der Waals surface area contributed by atoms with Crippen molar-refractivity contribution >= 4 is 41.1 Å². The molecule has 1 aliphatic carbocycles. The van der Waals surface area contributed by atoms with Crippen LogP contribution in [0.15, 0.2) is 12.4 Å². The maximum atomic E-state index is 12.6. The van der Waals surface area contributed by atoms with Gasteiger partial charge in [0.1, 0.15) is 5.56 Å². The number of rotatable bonds is 9. The fourth-order valence-corrected chi connectivity index (χ4v) is 3.80. The van der Waals surface area contributed by atoms with Crippen molar-refractivity contribution in [2.75, 3.05) is 11.1 Å². The highest BCUT2D eigenvalue weighted by molar-refractivity contribution is 6.00. The van der Waals surface area contributed by atoms with Crippen molar-refractivity contribution in [1.82, 2.24) is 10.3 Å². The number of aromatic carboxylic acids is 1. The number of anilines is 2. The average molecular weight is 648 g/mol. The molecule has 1 aromatic rings. The molecule has 0 saturated heterocycles. The third kappa shape index (κ3) is 14.8. The van der Waals surface area contributed by atoms with E-state index in [1.165, 1.54) is 12.6 Å². The van der Waals surface area contributed by atoms with E-state index < -0.39 is 36.3 Å². The molecular formula is C25H35F6N5O8. The summed E-state index contributed by atoms with van der Waals surface area (Å²) in [4.78, 5) is 57.7. The molecule has 1 aromatic heterocycles. The van der Waals surface area contributed by atoms with Crippen LogP contribution in [0.3, 0.4) is 0 Å². The Morgan fingerprint density at radius 2 is 1.41 bits per heavy atom. The number of hydrogen-bond acceptors (Lipinski definition) is 8. The van der Waals surface area contributed by atoms with Crippen LogP contribution in [0.5, 0.6) is 0 Å². The van der Waals surface area contributed by atoms with Gasteiger partial charge < -0.3 is 37.4 Å². The molecule has 9 N–H and O–H groups in total. The van der Waals surface area contributed by atoms with Crippen LogP contribution in [0.1, 0.15) is 69.2 Å². The summed E-state index contributed by atoms with van der Waals surface area (Å²) >= 11 is 0. The van der Waals surface area contributed by atoms with Crippen molar-refractivity contribution in [1.29, 1.82) is 0 Å². The number of aliphatic carboxylic acids is 2. The Kier molecular flexibility index (Phi) is 16.1. The summed E-state index contributed by atoms with van der Waals surface area (Å²) in [5, 5.41) is 29.0. The number of nitrogens with two attached hydrogens (primary N) is 2. The first-order valence-corrected chi connectivity index (χ1v) is 13.0. The molecule has 0 aliphatic heterocycles. The molecule has 0 spiro atoms. The van der Waals surface area contributed by atoms with Gasteiger partial charge in [0.2, 0.25) is 11.8 Å². The van der Waals surface area contributed by atoms with E-state index in [0.29, 0.717) is 6.42 Å². The largest absolute Gasteiger partial charge is 0.490 e. The highest BCUT2D eigenvalue weighted by atomic mass is 19.4. The number of alkyl halides is 6. The van der Waals surface area contributed by atoms with Crippen LogP contribution in [0.25, 0.3) is 0 Å². The third-order valence-electron chi connectivity index (χ3n) is 6.25. The smallest absolute Gasteiger partial charge is 0.478 e. The lowest BCUT2D eigenvalue weighted by atomic mass is 9.83. The summed E-state index contributed by atoms with van der Waals surface area (Å²) in [7, 11) is 0. The number of nitrogens with zero attached hydrogens (tertiary/aromatic N) is 1. The molecule has 2 amide bonds. The second-order valence-electron chi connectivity index (χ2n) is 9.93. The summed E-state index contributed by atoms with van der Waals surface area (Å²) in [6.45, 7) is 3.96.